The Kier molecular flexibility index (Phi) is 5.98. The summed E-state index contributed by atoms with van der Waals surface area (Å²) >= 11 is 12.1. The van der Waals surface area contributed by atoms with E-state index >= 15 is 0 Å². The molecule has 0 amide bonds. The van der Waals surface area contributed by atoms with Crippen LogP contribution in [0.3, 0.4) is 0 Å². The maximum Gasteiger partial charge on any atom is 0.242 e. The van der Waals surface area contributed by atoms with Crippen LogP contribution in [-0.4, -0.2) is 22.6 Å². The van der Waals surface area contributed by atoms with E-state index in [1.807, 2.05) is 6.07 Å². The topological polar surface area (TPSA) is 64.6 Å². The lowest BCUT2D eigenvalue weighted by atomic mass is 10.1. The van der Waals surface area contributed by atoms with Crippen LogP contribution in [0.25, 0.3) is 0 Å². The molecule has 0 spiro atoms. The van der Waals surface area contributed by atoms with Crippen LogP contribution in [0.2, 0.25) is 10.0 Å². The summed E-state index contributed by atoms with van der Waals surface area (Å²) in [6, 6.07) is 9.44. The highest BCUT2D eigenvalue weighted by atomic mass is 35.5. The van der Waals surface area contributed by atoms with Crippen molar-refractivity contribution in [3.63, 3.8) is 0 Å². The summed E-state index contributed by atoms with van der Waals surface area (Å²) in [5.41, 5.74) is 0.708. The molecule has 0 aliphatic rings. The molecule has 24 heavy (non-hydrogen) atoms. The molecule has 0 saturated carbocycles. The Balaban J connectivity index is 2.37. The molecule has 0 fully saturated rings. The summed E-state index contributed by atoms with van der Waals surface area (Å²) in [6.45, 7) is 1.72. The van der Waals surface area contributed by atoms with Crippen molar-refractivity contribution in [1.29, 1.82) is 0 Å². The second kappa shape index (κ2) is 7.61. The third-order valence-electron chi connectivity index (χ3n) is 3.46. The fourth-order valence-corrected chi connectivity index (χ4v) is 4.33. The molecule has 130 valence electrons. The van der Waals surface area contributed by atoms with Crippen LogP contribution in [0, 0.1) is 0 Å². The van der Waals surface area contributed by atoms with Gasteiger partial charge in [0.15, 0.2) is 0 Å². The van der Waals surface area contributed by atoms with Gasteiger partial charge in [0, 0.05) is 11.6 Å². The molecule has 1 N–H and O–H groups in total. The van der Waals surface area contributed by atoms with Crippen LogP contribution < -0.4 is 14.2 Å². The largest absolute Gasteiger partial charge is 0.496 e. The Morgan fingerprint density at radius 2 is 1.58 bits per heavy atom. The molecule has 2 rings (SSSR count). The molecule has 0 aromatic heterocycles. The van der Waals surface area contributed by atoms with Crippen LogP contribution in [0.5, 0.6) is 11.5 Å². The van der Waals surface area contributed by atoms with Crippen LogP contribution in [-0.2, 0) is 10.0 Å². The van der Waals surface area contributed by atoms with E-state index in [0.717, 1.165) is 0 Å². The predicted molar refractivity (Wildman–Crippen MR) is 94.7 cm³/mol. The van der Waals surface area contributed by atoms with Crippen LogP contribution in [0.1, 0.15) is 18.5 Å². The first-order valence-electron chi connectivity index (χ1n) is 6.99. The van der Waals surface area contributed by atoms with Gasteiger partial charge >= 0.3 is 0 Å². The number of methoxy groups -OCH3 is 2. The zero-order valence-corrected chi connectivity index (χ0v) is 15.7. The van der Waals surface area contributed by atoms with Gasteiger partial charge in [-0.3, -0.25) is 0 Å². The Bertz CT molecular complexity index is 840. The Labute approximate surface area is 151 Å². The lowest BCUT2D eigenvalue weighted by Crippen LogP contribution is -2.27. The monoisotopic (exact) mass is 389 g/mol. The Hall–Kier alpha value is -1.47. The van der Waals surface area contributed by atoms with Crippen molar-refractivity contribution in [3.8, 4) is 11.5 Å². The summed E-state index contributed by atoms with van der Waals surface area (Å²) < 4.78 is 38.2. The lowest BCUT2D eigenvalue weighted by molar-refractivity contribution is 0.405. The maximum absolute atomic E-state index is 12.7. The molecule has 1 atom stereocenters. The van der Waals surface area contributed by atoms with Gasteiger partial charge in [-0.2, -0.15) is 0 Å². The fourth-order valence-electron chi connectivity index (χ4n) is 2.26. The third-order valence-corrected chi connectivity index (χ3v) is 6.02. The van der Waals surface area contributed by atoms with E-state index in [9.17, 15) is 8.42 Å². The van der Waals surface area contributed by atoms with Crippen LogP contribution in [0.15, 0.2) is 41.3 Å². The summed E-state index contributed by atoms with van der Waals surface area (Å²) in [5.74, 6) is 0.893. The van der Waals surface area contributed by atoms with E-state index in [2.05, 4.69) is 4.72 Å². The highest BCUT2D eigenvalue weighted by Gasteiger charge is 2.25. The second-order valence-corrected chi connectivity index (χ2v) is 7.42. The normalized spacial score (nSPS) is 12.7. The van der Waals surface area contributed by atoms with Gasteiger partial charge in [-0.1, -0.05) is 41.4 Å². The number of rotatable bonds is 6. The van der Waals surface area contributed by atoms with Crippen molar-refractivity contribution < 1.29 is 17.9 Å². The van der Waals surface area contributed by atoms with Gasteiger partial charge in [0.25, 0.3) is 0 Å². The number of sulfonamides is 1. The van der Waals surface area contributed by atoms with Crippen molar-refractivity contribution in [2.24, 2.45) is 0 Å². The fraction of sp³-hybridized carbons (Fsp3) is 0.250. The second-order valence-electron chi connectivity index (χ2n) is 4.98. The minimum atomic E-state index is -3.89. The van der Waals surface area contributed by atoms with Crippen LogP contribution >= 0.6 is 23.2 Å². The first-order valence-corrected chi connectivity index (χ1v) is 9.23. The highest BCUT2D eigenvalue weighted by Crippen LogP contribution is 2.37. The SMILES string of the molecule is COc1ccccc1C(C)NS(=O)(=O)c1ccc(OC)c(Cl)c1Cl. The van der Waals surface area contributed by atoms with Crippen molar-refractivity contribution in [2.75, 3.05) is 14.2 Å². The van der Waals surface area contributed by atoms with Crippen molar-refractivity contribution in [3.05, 3.63) is 52.0 Å². The number of benzene rings is 2. The average molecular weight is 390 g/mol. The molecular weight excluding hydrogens is 373 g/mol. The lowest BCUT2D eigenvalue weighted by Gasteiger charge is -2.18. The average Bonchev–Trinajstić information content (AvgIpc) is 2.56. The number of nitrogens with one attached hydrogen (secondary N) is 1. The van der Waals surface area contributed by atoms with E-state index in [1.54, 1.807) is 25.1 Å². The summed E-state index contributed by atoms with van der Waals surface area (Å²) in [5, 5.41) is -0.0391. The number of hydrogen-bond donors (Lipinski definition) is 1. The first kappa shape index (κ1) is 18.9. The maximum atomic E-state index is 12.7. The predicted octanol–water partition coefficient (Wildman–Crippen LogP) is 4.05. The summed E-state index contributed by atoms with van der Waals surface area (Å²) in [7, 11) is -0.936. The van der Waals surface area contributed by atoms with Crippen molar-refractivity contribution in [2.45, 2.75) is 17.9 Å². The molecule has 0 aliphatic carbocycles. The molecular formula is C16H17Cl2NO4S. The van der Waals surface area contributed by atoms with Gasteiger partial charge in [-0.15, -0.1) is 0 Å². The van der Waals surface area contributed by atoms with E-state index in [1.165, 1.54) is 26.4 Å². The standard InChI is InChI=1S/C16H17Cl2NO4S/c1-10(11-6-4-5-7-12(11)22-2)19-24(20,21)14-9-8-13(23-3)15(17)16(14)18/h4-10,19H,1-3H3. The van der Waals surface area contributed by atoms with E-state index in [0.29, 0.717) is 17.1 Å². The van der Waals surface area contributed by atoms with Gasteiger partial charge in [0.1, 0.15) is 21.4 Å². The number of hydrogen-bond acceptors (Lipinski definition) is 4. The molecule has 0 aliphatic heterocycles. The molecule has 0 bridgehead atoms. The van der Waals surface area contributed by atoms with Gasteiger partial charge < -0.3 is 9.47 Å². The Morgan fingerprint density at radius 1 is 0.958 bits per heavy atom. The number of para-hydroxylation sites is 1. The number of halogens is 2. The molecule has 5 nitrogen and oxygen atoms in total. The van der Waals surface area contributed by atoms with E-state index in [-0.39, 0.29) is 14.9 Å². The minimum absolute atomic E-state index is 0.0481. The van der Waals surface area contributed by atoms with Crippen molar-refractivity contribution >= 4 is 33.2 Å². The van der Waals surface area contributed by atoms with E-state index < -0.39 is 16.1 Å². The first-order chi connectivity index (χ1) is 11.3. The van der Waals surface area contributed by atoms with Gasteiger partial charge in [0.2, 0.25) is 10.0 Å². The zero-order valence-electron chi connectivity index (χ0n) is 13.3. The van der Waals surface area contributed by atoms with Crippen molar-refractivity contribution in [1.82, 2.24) is 4.72 Å². The molecule has 8 heteroatoms. The third kappa shape index (κ3) is 3.78. The smallest absolute Gasteiger partial charge is 0.242 e. The van der Waals surface area contributed by atoms with Gasteiger partial charge in [0.05, 0.1) is 19.2 Å². The van der Waals surface area contributed by atoms with Gasteiger partial charge in [-0.25, -0.2) is 13.1 Å². The Morgan fingerprint density at radius 3 is 2.21 bits per heavy atom. The van der Waals surface area contributed by atoms with Gasteiger partial charge in [-0.05, 0) is 25.1 Å². The minimum Gasteiger partial charge on any atom is -0.496 e. The zero-order chi connectivity index (χ0) is 17.9. The summed E-state index contributed by atoms with van der Waals surface area (Å²) in [4.78, 5) is -0.114. The molecule has 0 radical (unpaired) electrons. The summed E-state index contributed by atoms with van der Waals surface area (Å²) in [6.07, 6.45) is 0. The molecule has 0 saturated heterocycles. The molecule has 2 aromatic rings. The number of ether oxygens (including phenoxy) is 2. The van der Waals surface area contributed by atoms with Crippen LogP contribution in [0.4, 0.5) is 0 Å². The molecule has 0 heterocycles. The highest BCUT2D eigenvalue weighted by molar-refractivity contribution is 7.89. The molecule has 1 unspecified atom stereocenters. The molecule has 2 aromatic carbocycles. The van der Waals surface area contributed by atoms with E-state index in [4.69, 9.17) is 32.7 Å². The quantitative estimate of drug-likeness (QED) is 0.808.